The van der Waals surface area contributed by atoms with Crippen LogP contribution in [0.2, 0.25) is 0 Å². The van der Waals surface area contributed by atoms with Crippen LogP contribution >= 0.6 is 15.9 Å². The first kappa shape index (κ1) is 11.6. The SMILES string of the molecule is O=C(O)c1ccc(Br)cc1Oc1cccnc1. The molecule has 2 rings (SSSR count). The van der Waals surface area contributed by atoms with E-state index in [9.17, 15) is 4.79 Å². The van der Waals surface area contributed by atoms with Gasteiger partial charge in [-0.15, -0.1) is 0 Å². The minimum absolute atomic E-state index is 0.108. The van der Waals surface area contributed by atoms with Crippen LogP contribution in [-0.2, 0) is 0 Å². The van der Waals surface area contributed by atoms with E-state index in [1.165, 1.54) is 12.3 Å². The summed E-state index contributed by atoms with van der Waals surface area (Å²) >= 11 is 3.27. The molecule has 1 heterocycles. The van der Waals surface area contributed by atoms with Gasteiger partial charge < -0.3 is 9.84 Å². The van der Waals surface area contributed by atoms with E-state index in [4.69, 9.17) is 9.84 Å². The molecule has 0 atom stereocenters. The highest BCUT2D eigenvalue weighted by Crippen LogP contribution is 2.28. The Kier molecular flexibility index (Phi) is 3.39. The molecule has 0 saturated heterocycles. The van der Waals surface area contributed by atoms with Gasteiger partial charge in [-0.2, -0.15) is 0 Å². The van der Waals surface area contributed by atoms with Crippen LogP contribution in [-0.4, -0.2) is 16.1 Å². The minimum atomic E-state index is -1.03. The van der Waals surface area contributed by atoms with Gasteiger partial charge in [0.25, 0.3) is 0 Å². The Labute approximate surface area is 106 Å². The Bertz CT molecular complexity index is 543. The van der Waals surface area contributed by atoms with Crippen LogP contribution in [0.3, 0.4) is 0 Å². The average Bonchev–Trinajstić information content (AvgIpc) is 2.30. The lowest BCUT2D eigenvalue weighted by atomic mass is 10.2. The third kappa shape index (κ3) is 2.82. The maximum absolute atomic E-state index is 11.0. The Morgan fingerprint density at radius 3 is 2.82 bits per heavy atom. The largest absolute Gasteiger partial charge is 0.478 e. The summed E-state index contributed by atoms with van der Waals surface area (Å²) in [5.74, 6) is -0.260. The Morgan fingerprint density at radius 1 is 1.35 bits per heavy atom. The van der Waals surface area contributed by atoms with Crippen molar-refractivity contribution in [2.24, 2.45) is 0 Å². The van der Waals surface area contributed by atoms with E-state index in [-0.39, 0.29) is 11.3 Å². The monoisotopic (exact) mass is 293 g/mol. The molecule has 86 valence electrons. The molecule has 0 unspecified atom stereocenters. The molecular weight excluding hydrogens is 286 g/mol. The summed E-state index contributed by atoms with van der Waals surface area (Å²) in [5.41, 5.74) is 0.108. The number of pyridine rings is 1. The van der Waals surface area contributed by atoms with E-state index < -0.39 is 5.97 Å². The van der Waals surface area contributed by atoms with Crippen molar-refractivity contribution in [1.82, 2.24) is 4.98 Å². The first-order valence-corrected chi connectivity index (χ1v) is 5.57. The molecule has 5 heteroatoms. The third-order valence-electron chi connectivity index (χ3n) is 2.04. The number of carbonyl (C=O) groups is 1. The number of aromatic carboxylic acids is 1. The topological polar surface area (TPSA) is 59.4 Å². The predicted molar refractivity (Wildman–Crippen MR) is 65.4 cm³/mol. The highest BCUT2D eigenvalue weighted by atomic mass is 79.9. The molecule has 0 aliphatic carbocycles. The predicted octanol–water partition coefficient (Wildman–Crippen LogP) is 3.33. The molecule has 1 aromatic carbocycles. The molecule has 1 aromatic heterocycles. The fraction of sp³-hybridized carbons (Fsp3) is 0. The van der Waals surface area contributed by atoms with Crippen LogP contribution in [0.15, 0.2) is 47.2 Å². The molecule has 0 bridgehead atoms. The molecule has 0 saturated carbocycles. The van der Waals surface area contributed by atoms with Crippen LogP contribution < -0.4 is 4.74 Å². The van der Waals surface area contributed by atoms with E-state index in [2.05, 4.69) is 20.9 Å². The summed E-state index contributed by atoms with van der Waals surface area (Å²) in [6.45, 7) is 0. The van der Waals surface area contributed by atoms with E-state index in [0.717, 1.165) is 4.47 Å². The molecule has 0 radical (unpaired) electrons. The van der Waals surface area contributed by atoms with Crippen LogP contribution in [0.25, 0.3) is 0 Å². The molecule has 1 N–H and O–H groups in total. The smallest absolute Gasteiger partial charge is 0.339 e. The van der Waals surface area contributed by atoms with Gasteiger partial charge in [0.05, 0.1) is 6.20 Å². The van der Waals surface area contributed by atoms with Gasteiger partial charge in [-0.3, -0.25) is 4.98 Å². The second-order valence-corrected chi connectivity index (χ2v) is 4.15. The quantitative estimate of drug-likeness (QED) is 0.943. The Balaban J connectivity index is 2.37. The number of carboxylic acid groups (broad SMARTS) is 1. The average molecular weight is 294 g/mol. The number of carboxylic acids is 1. The van der Waals surface area contributed by atoms with Crippen molar-refractivity contribution >= 4 is 21.9 Å². The summed E-state index contributed by atoms with van der Waals surface area (Å²) < 4.78 is 6.23. The van der Waals surface area contributed by atoms with Crippen molar-refractivity contribution in [1.29, 1.82) is 0 Å². The third-order valence-corrected chi connectivity index (χ3v) is 2.53. The lowest BCUT2D eigenvalue weighted by Gasteiger charge is -2.08. The van der Waals surface area contributed by atoms with Crippen molar-refractivity contribution < 1.29 is 14.6 Å². The van der Waals surface area contributed by atoms with Gasteiger partial charge in [0, 0.05) is 10.7 Å². The highest BCUT2D eigenvalue weighted by Gasteiger charge is 2.12. The first-order chi connectivity index (χ1) is 8.16. The molecule has 0 amide bonds. The zero-order valence-corrected chi connectivity index (χ0v) is 10.2. The standard InChI is InChI=1S/C12H8BrNO3/c13-8-3-4-10(12(15)16)11(6-8)17-9-2-1-5-14-7-9/h1-7H,(H,15,16). The van der Waals surface area contributed by atoms with Crippen molar-refractivity contribution in [2.45, 2.75) is 0 Å². The summed E-state index contributed by atoms with van der Waals surface area (Å²) in [7, 11) is 0. The van der Waals surface area contributed by atoms with Crippen LogP contribution in [0.4, 0.5) is 0 Å². The van der Waals surface area contributed by atoms with Gasteiger partial charge in [0.2, 0.25) is 0 Å². The van der Waals surface area contributed by atoms with E-state index in [1.54, 1.807) is 30.5 Å². The van der Waals surface area contributed by atoms with Gasteiger partial charge in [-0.05, 0) is 30.3 Å². The molecule has 4 nitrogen and oxygen atoms in total. The number of nitrogens with zero attached hydrogens (tertiary/aromatic N) is 1. The van der Waals surface area contributed by atoms with Crippen molar-refractivity contribution in [3.05, 3.63) is 52.8 Å². The molecule has 0 aliphatic rings. The number of rotatable bonds is 3. The van der Waals surface area contributed by atoms with Crippen molar-refractivity contribution in [3.63, 3.8) is 0 Å². The lowest BCUT2D eigenvalue weighted by molar-refractivity contribution is 0.0694. The Hall–Kier alpha value is -1.88. The summed E-state index contributed by atoms with van der Waals surface area (Å²) in [5, 5.41) is 9.02. The second kappa shape index (κ2) is 4.97. The fourth-order valence-corrected chi connectivity index (χ4v) is 1.63. The maximum atomic E-state index is 11.0. The van der Waals surface area contributed by atoms with Gasteiger partial charge in [0.1, 0.15) is 17.1 Å². The molecule has 0 fully saturated rings. The van der Waals surface area contributed by atoms with E-state index in [0.29, 0.717) is 5.75 Å². The minimum Gasteiger partial charge on any atom is -0.478 e. The number of hydrogen-bond acceptors (Lipinski definition) is 3. The van der Waals surface area contributed by atoms with Crippen molar-refractivity contribution in [3.8, 4) is 11.5 Å². The van der Waals surface area contributed by atoms with E-state index in [1.807, 2.05) is 0 Å². The number of benzene rings is 1. The summed E-state index contributed by atoms with van der Waals surface area (Å²) in [6, 6.07) is 8.17. The number of hydrogen-bond donors (Lipinski definition) is 1. The van der Waals surface area contributed by atoms with Crippen molar-refractivity contribution in [2.75, 3.05) is 0 Å². The number of halogens is 1. The number of aromatic nitrogens is 1. The van der Waals surface area contributed by atoms with E-state index >= 15 is 0 Å². The first-order valence-electron chi connectivity index (χ1n) is 4.77. The lowest BCUT2D eigenvalue weighted by Crippen LogP contribution is -1.99. The maximum Gasteiger partial charge on any atom is 0.339 e. The van der Waals surface area contributed by atoms with Crippen LogP contribution in [0.1, 0.15) is 10.4 Å². The normalized spacial score (nSPS) is 9.94. The number of ether oxygens (including phenoxy) is 1. The van der Waals surface area contributed by atoms with Crippen LogP contribution in [0, 0.1) is 0 Å². The molecule has 0 aliphatic heterocycles. The van der Waals surface area contributed by atoms with Gasteiger partial charge in [-0.1, -0.05) is 15.9 Å². The molecular formula is C12H8BrNO3. The zero-order chi connectivity index (χ0) is 12.3. The second-order valence-electron chi connectivity index (χ2n) is 3.24. The van der Waals surface area contributed by atoms with Crippen LogP contribution in [0.5, 0.6) is 11.5 Å². The molecule has 0 spiro atoms. The summed E-state index contributed by atoms with van der Waals surface area (Å²) in [6.07, 6.45) is 3.14. The Morgan fingerprint density at radius 2 is 2.18 bits per heavy atom. The van der Waals surface area contributed by atoms with Gasteiger partial charge in [-0.25, -0.2) is 4.79 Å². The highest BCUT2D eigenvalue weighted by molar-refractivity contribution is 9.10. The fourth-order valence-electron chi connectivity index (χ4n) is 1.29. The molecule has 17 heavy (non-hydrogen) atoms. The van der Waals surface area contributed by atoms with Gasteiger partial charge >= 0.3 is 5.97 Å². The zero-order valence-electron chi connectivity index (χ0n) is 8.63. The molecule has 2 aromatic rings. The summed E-state index contributed by atoms with van der Waals surface area (Å²) in [4.78, 5) is 14.9. The van der Waals surface area contributed by atoms with Gasteiger partial charge in [0.15, 0.2) is 0 Å².